The standard InChI is InChI=1S/C21H20N2O2/c24-20-11-15(12-23(20)17-6-7-17)21(25)22-16-5-8-19-14(10-16)9-13-3-1-2-4-18(13)19/h1-5,8,10,15,17H,6-7,9,11-12H2,(H,22,25). The Morgan fingerprint density at radius 1 is 1.04 bits per heavy atom. The van der Waals surface area contributed by atoms with E-state index in [2.05, 4.69) is 41.7 Å². The highest BCUT2D eigenvalue weighted by Gasteiger charge is 2.41. The van der Waals surface area contributed by atoms with E-state index in [0.717, 1.165) is 24.9 Å². The van der Waals surface area contributed by atoms with Crippen LogP contribution in [0.1, 0.15) is 30.4 Å². The van der Waals surface area contributed by atoms with Gasteiger partial charge in [-0.3, -0.25) is 9.59 Å². The van der Waals surface area contributed by atoms with Crippen LogP contribution in [0.25, 0.3) is 11.1 Å². The quantitative estimate of drug-likeness (QED) is 0.801. The second-order valence-corrected chi connectivity index (χ2v) is 7.37. The van der Waals surface area contributed by atoms with Crippen LogP contribution in [0.3, 0.4) is 0 Å². The van der Waals surface area contributed by atoms with Gasteiger partial charge in [-0.1, -0.05) is 30.3 Å². The number of amides is 2. The van der Waals surface area contributed by atoms with Gasteiger partial charge < -0.3 is 10.2 Å². The maximum absolute atomic E-state index is 12.6. The lowest BCUT2D eigenvalue weighted by Gasteiger charge is -2.15. The second-order valence-electron chi connectivity index (χ2n) is 7.37. The lowest BCUT2D eigenvalue weighted by Crippen LogP contribution is -2.29. The molecule has 4 nitrogen and oxygen atoms in total. The number of carbonyl (C=O) groups is 2. The van der Waals surface area contributed by atoms with Crippen molar-refractivity contribution in [1.29, 1.82) is 0 Å². The largest absolute Gasteiger partial charge is 0.339 e. The molecule has 0 bridgehead atoms. The summed E-state index contributed by atoms with van der Waals surface area (Å²) in [5.41, 5.74) is 5.96. The lowest BCUT2D eigenvalue weighted by atomic mass is 10.0. The Labute approximate surface area is 146 Å². The summed E-state index contributed by atoms with van der Waals surface area (Å²) in [5, 5.41) is 3.02. The highest BCUT2D eigenvalue weighted by molar-refractivity contribution is 5.97. The predicted octanol–water partition coefficient (Wildman–Crippen LogP) is 3.21. The maximum Gasteiger partial charge on any atom is 0.229 e. The van der Waals surface area contributed by atoms with Gasteiger partial charge >= 0.3 is 0 Å². The molecule has 1 unspecified atom stereocenters. The first-order valence-corrected chi connectivity index (χ1v) is 9.00. The summed E-state index contributed by atoms with van der Waals surface area (Å²) in [5.74, 6) is -0.127. The predicted molar refractivity (Wildman–Crippen MR) is 96.2 cm³/mol. The SMILES string of the molecule is O=C(Nc1ccc2c(c1)Cc1ccccc1-2)C1CC(=O)N(C2CC2)C1. The molecule has 3 aliphatic rings. The van der Waals surface area contributed by atoms with Gasteiger partial charge in [0.2, 0.25) is 11.8 Å². The number of anilines is 1. The van der Waals surface area contributed by atoms with Crippen molar-refractivity contribution in [2.75, 3.05) is 11.9 Å². The number of nitrogens with zero attached hydrogens (tertiary/aromatic N) is 1. The van der Waals surface area contributed by atoms with Gasteiger partial charge in [0.05, 0.1) is 5.92 Å². The van der Waals surface area contributed by atoms with Crippen molar-refractivity contribution >= 4 is 17.5 Å². The number of carbonyl (C=O) groups excluding carboxylic acids is 2. The van der Waals surface area contributed by atoms with Crippen LogP contribution >= 0.6 is 0 Å². The van der Waals surface area contributed by atoms with E-state index in [1.165, 1.54) is 22.3 Å². The maximum atomic E-state index is 12.6. The molecule has 126 valence electrons. The van der Waals surface area contributed by atoms with Gasteiger partial charge in [-0.05, 0) is 53.6 Å². The van der Waals surface area contributed by atoms with Crippen molar-refractivity contribution in [2.45, 2.75) is 31.7 Å². The van der Waals surface area contributed by atoms with Gasteiger partial charge in [-0.25, -0.2) is 0 Å². The van der Waals surface area contributed by atoms with Gasteiger partial charge in [0.1, 0.15) is 0 Å². The van der Waals surface area contributed by atoms with Crippen molar-refractivity contribution in [3.05, 3.63) is 53.6 Å². The molecule has 1 heterocycles. The number of benzene rings is 2. The van der Waals surface area contributed by atoms with Gasteiger partial charge in [0.15, 0.2) is 0 Å². The molecule has 1 N–H and O–H groups in total. The molecule has 0 aromatic heterocycles. The number of nitrogens with one attached hydrogen (secondary N) is 1. The lowest BCUT2D eigenvalue weighted by molar-refractivity contribution is -0.128. The fourth-order valence-electron chi connectivity index (χ4n) is 4.11. The summed E-state index contributed by atoms with van der Waals surface area (Å²) in [7, 11) is 0. The Hall–Kier alpha value is -2.62. The molecular weight excluding hydrogens is 312 g/mol. The van der Waals surface area contributed by atoms with Crippen molar-refractivity contribution in [2.24, 2.45) is 5.92 Å². The topological polar surface area (TPSA) is 49.4 Å². The summed E-state index contributed by atoms with van der Waals surface area (Å²) in [6.45, 7) is 0.575. The van der Waals surface area contributed by atoms with Gasteiger partial charge in [-0.15, -0.1) is 0 Å². The molecule has 2 aliphatic carbocycles. The van der Waals surface area contributed by atoms with E-state index >= 15 is 0 Å². The third-order valence-electron chi connectivity index (χ3n) is 5.58. The molecule has 0 radical (unpaired) electrons. The van der Waals surface area contributed by atoms with E-state index in [1.54, 1.807) is 0 Å². The minimum Gasteiger partial charge on any atom is -0.339 e. The van der Waals surface area contributed by atoms with Crippen molar-refractivity contribution < 1.29 is 9.59 Å². The molecule has 25 heavy (non-hydrogen) atoms. The highest BCUT2D eigenvalue weighted by Crippen LogP contribution is 2.38. The van der Waals surface area contributed by atoms with Crippen LogP contribution in [-0.4, -0.2) is 29.3 Å². The molecule has 1 aliphatic heterocycles. The molecule has 2 fully saturated rings. The number of rotatable bonds is 3. The molecule has 2 aromatic carbocycles. The Balaban J connectivity index is 1.31. The van der Waals surface area contributed by atoms with Crippen molar-refractivity contribution in [1.82, 2.24) is 4.90 Å². The first-order chi connectivity index (χ1) is 12.2. The number of likely N-dealkylation sites (tertiary alicyclic amines) is 1. The summed E-state index contributed by atoms with van der Waals surface area (Å²) in [6.07, 6.45) is 3.43. The Bertz CT molecular complexity index is 885. The van der Waals surface area contributed by atoms with Crippen LogP contribution in [-0.2, 0) is 16.0 Å². The number of hydrogen-bond donors (Lipinski definition) is 1. The van der Waals surface area contributed by atoms with E-state index in [-0.39, 0.29) is 17.7 Å². The van der Waals surface area contributed by atoms with Crippen molar-refractivity contribution in [3.8, 4) is 11.1 Å². The molecule has 2 amide bonds. The monoisotopic (exact) mass is 332 g/mol. The van der Waals surface area contributed by atoms with E-state index in [1.807, 2.05) is 11.0 Å². The highest BCUT2D eigenvalue weighted by atomic mass is 16.2. The zero-order valence-corrected chi connectivity index (χ0v) is 14.0. The first kappa shape index (κ1) is 14.7. The fraction of sp³-hybridized carbons (Fsp3) is 0.333. The third-order valence-corrected chi connectivity index (χ3v) is 5.58. The summed E-state index contributed by atoms with van der Waals surface area (Å²) >= 11 is 0. The number of hydrogen-bond acceptors (Lipinski definition) is 2. The van der Waals surface area contributed by atoms with Gasteiger partial charge in [-0.2, -0.15) is 0 Å². The van der Waals surface area contributed by atoms with Gasteiger partial charge in [0, 0.05) is 24.7 Å². The zero-order valence-electron chi connectivity index (χ0n) is 14.0. The minimum atomic E-state index is -0.224. The second kappa shape index (κ2) is 5.45. The molecule has 1 saturated carbocycles. The molecule has 1 saturated heterocycles. The summed E-state index contributed by atoms with van der Waals surface area (Å²) in [6, 6.07) is 15.0. The Morgan fingerprint density at radius 2 is 1.84 bits per heavy atom. The molecular formula is C21H20N2O2. The van der Waals surface area contributed by atoms with Crippen LogP contribution in [0, 0.1) is 5.92 Å². The van der Waals surface area contributed by atoms with Crippen LogP contribution in [0.5, 0.6) is 0 Å². The molecule has 5 rings (SSSR count). The fourth-order valence-corrected chi connectivity index (χ4v) is 4.11. The molecule has 1 atom stereocenters. The average molecular weight is 332 g/mol. The van der Waals surface area contributed by atoms with Crippen molar-refractivity contribution in [3.63, 3.8) is 0 Å². The Kier molecular flexibility index (Phi) is 3.20. The molecule has 0 spiro atoms. The zero-order chi connectivity index (χ0) is 17.0. The normalized spacial score (nSPS) is 21.2. The average Bonchev–Trinajstić information content (AvgIpc) is 3.27. The van der Waals surface area contributed by atoms with Crippen LogP contribution < -0.4 is 5.32 Å². The van der Waals surface area contributed by atoms with Crippen LogP contribution in [0.15, 0.2) is 42.5 Å². The van der Waals surface area contributed by atoms with E-state index in [4.69, 9.17) is 0 Å². The molecule has 2 aromatic rings. The first-order valence-electron chi connectivity index (χ1n) is 9.00. The summed E-state index contributed by atoms with van der Waals surface area (Å²) < 4.78 is 0. The van der Waals surface area contributed by atoms with E-state index < -0.39 is 0 Å². The van der Waals surface area contributed by atoms with E-state index in [0.29, 0.717) is 19.0 Å². The minimum absolute atomic E-state index is 0.0352. The number of fused-ring (bicyclic) bond motifs is 3. The van der Waals surface area contributed by atoms with Crippen LogP contribution in [0.2, 0.25) is 0 Å². The van der Waals surface area contributed by atoms with Crippen LogP contribution in [0.4, 0.5) is 5.69 Å². The Morgan fingerprint density at radius 3 is 2.68 bits per heavy atom. The molecule has 4 heteroatoms. The summed E-state index contributed by atoms with van der Waals surface area (Å²) in [4.78, 5) is 26.5. The van der Waals surface area contributed by atoms with Gasteiger partial charge in [0.25, 0.3) is 0 Å². The smallest absolute Gasteiger partial charge is 0.229 e. The third kappa shape index (κ3) is 2.53. The van der Waals surface area contributed by atoms with E-state index in [9.17, 15) is 9.59 Å².